The molecule has 0 aromatic heterocycles. The number of carbonyl (C=O) groups is 1. The van der Waals surface area contributed by atoms with Crippen molar-refractivity contribution >= 4 is 6.09 Å². The zero-order chi connectivity index (χ0) is 19.3. The number of piperidine rings is 1. The number of nitrogens with zero attached hydrogens (tertiary/aromatic N) is 2. The number of rotatable bonds is 4. The number of fused-ring (bicyclic) bond motifs is 1. The summed E-state index contributed by atoms with van der Waals surface area (Å²) in [6.45, 7) is 5.76. The second kappa shape index (κ2) is 8.78. The van der Waals surface area contributed by atoms with Crippen LogP contribution in [0.25, 0.3) is 0 Å². The third-order valence-electron chi connectivity index (χ3n) is 5.90. The van der Waals surface area contributed by atoms with Crippen LogP contribution in [0.3, 0.4) is 0 Å². The van der Waals surface area contributed by atoms with Gasteiger partial charge in [0, 0.05) is 13.1 Å². The maximum Gasteiger partial charge on any atom is 0.410 e. The van der Waals surface area contributed by atoms with Gasteiger partial charge in [-0.05, 0) is 56.0 Å². The third kappa shape index (κ3) is 4.22. The van der Waals surface area contributed by atoms with Gasteiger partial charge >= 0.3 is 6.09 Å². The first-order valence-electron chi connectivity index (χ1n) is 10.5. The minimum absolute atomic E-state index is 0.0826. The molecule has 0 aliphatic carbocycles. The van der Waals surface area contributed by atoms with Gasteiger partial charge < -0.3 is 4.74 Å². The van der Waals surface area contributed by atoms with E-state index >= 15 is 0 Å². The molecule has 4 rings (SSSR count). The Bertz CT molecular complexity index is 786. The van der Waals surface area contributed by atoms with Gasteiger partial charge in [-0.25, -0.2) is 4.79 Å². The largest absolute Gasteiger partial charge is 0.445 e. The van der Waals surface area contributed by atoms with Gasteiger partial charge in [0.2, 0.25) is 0 Å². The molecule has 2 aromatic carbocycles. The van der Waals surface area contributed by atoms with Crippen molar-refractivity contribution in [3.63, 3.8) is 0 Å². The lowest BCUT2D eigenvalue weighted by Gasteiger charge is -2.38. The number of carbonyl (C=O) groups excluding carboxylic acids is 1. The summed E-state index contributed by atoms with van der Waals surface area (Å²) in [4.78, 5) is 17.5. The molecule has 148 valence electrons. The fraction of sp³-hybridized carbons (Fsp3) is 0.458. The van der Waals surface area contributed by atoms with E-state index in [9.17, 15) is 4.79 Å². The zero-order valence-corrected chi connectivity index (χ0v) is 16.7. The van der Waals surface area contributed by atoms with Crippen molar-refractivity contribution in [1.29, 1.82) is 0 Å². The first kappa shape index (κ1) is 19.0. The highest BCUT2D eigenvalue weighted by atomic mass is 16.6. The molecule has 1 saturated heterocycles. The molecule has 0 spiro atoms. The van der Waals surface area contributed by atoms with Crippen LogP contribution in [-0.2, 0) is 11.2 Å². The zero-order valence-electron chi connectivity index (χ0n) is 16.7. The van der Waals surface area contributed by atoms with E-state index in [1.165, 1.54) is 30.4 Å². The van der Waals surface area contributed by atoms with Crippen LogP contribution in [0.15, 0.2) is 54.6 Å². The van der Waals surface area contributed by atoms with Crippen molar-refractivity contribution < 1.29 is 9.53 Å². The molecule has 28 heavy (non-hydrogen) atoms. The summed E-state index contributed by atoms with van der Waals surface area (Å²) in [7, 11) is 0. The van der Waals surface area contributed by atoms with E-state index in [0.717, 1.165) is 31.6 Å². The molecule has 2 heterocycles. The molecule has 1 fully saturated rings. The Labute approximate surface area is 168 Å². The fourth-order valence-electron chi connectivity index (χ4n) is 4.54. The van der Waals surface area contributed by atoms with Crippen LogP contribution >= 0.6 is 0 Å². The maximum atomic E-state index is 13.1. The van der Waals surface area contributed by atoms with Crippen molar-refractivity contribution in [1.82, 2.24) is 9.80 Å². The molecule has 0 radical (unpaired) electrons. The van der Waals surface area contributed by atoms with Crippen LogP contribution in [0.4, 0.5) is 4.79 Å². The Balaban J connectivity index is 1.51. The fourth-order valence-corrected chi connectivity index (χ4v) is 4.54. The lowest BCUT2D eigenvalue weighted by molar-refractivity contribution is 0.0402. The summed E-state index contributed by atoms with van der Waals surface area (Å²) in [5.41, 5.74) is 3.66. The Kier molecular flexibility index (Phi) is 5.96. The molecule has 2 atom stereocenters. The Morgan fingerprint density at radius 2 is 1.71 bits per heavy atom. The van der Waals surface area contributed by atoms with Gasteiger partial charge in [0.25, 0.3) is 0 Å². The molecule has 1 amide bonds. The Morgan fingerprint density at radius 1 is 1.00 bits per heavy atom. The number of amides is 1. The van der Waals surface area contributed by atoms with E-state index in [2.05, 4.69) is 41.3 Å². The van der Waals surface area contributed by atoms with Crippen molar-refractivity contribution in [2.45, 2.75) is 44.8 Å². The van der Waals surface area contributed by atoms with Crippen molar-refractivity contribution in [2.75, 3.05) is 26.2 Å². The lowest BCUT2D eigenvalue weighted by Crippen LogP contribution is -2.44. The Hall–Kier alpha value is -2.33. The quantitative estimate of drug-likeness (QED) is 0.777. The van der Waals surface area contributed by atoms with E-state index in [-0.39, 0.29) is 18.2 Å². The summed E-state index contributed by atoms with van der Waals surface area (Å²) >= 11 is 0. The van der Waals surface area contributed by atoms with Gasteiger partial charge in [0.1, 0.15) is 6.10 Å². The summed E-state index contributed by atoms with van der Waals surface area (Å²) in [6, 6.07) is 18.7. The van der Waals surface area contributed by atoms with Crippen LogP contribution < -0.4 is 0 Å². The van der Waals surface area contributed by atoms with Gasteiger partial charge in [-0.2, -0.15) is 0 Å². The average Bonchev–Trinajstić information content (AvgIpc) is 2.74. The van der Waals surface area contributed by atoms with E-state index < -0.39 is 0 Å². The molecule has 1 unspecified atom stereocenters. The van der Waals surface area contributed by atoms with Gasteiger partial charge in [0.15, 0.2) is 0 Å². The van der Waals surface area contributed by atoms with Crippen LogP contribution in [0.5, 0.6) is 0 Å². The topological polar surface area (TPSA) is 32.8 Å². The molecule has 0 N–H and O–H groups in total. The van der Waals surface area contributed by atoms with E-state index in [0.29, 0.717) is 6.54 Å². The first-order chi connectivity index (χ1) is 13.7. The molecule has 0 saturated carbocycles. The standard InChI is InChI=1S/C24H30N2O2/c1-19(18-25-15-8-3-9-16-25)28-24(27)26-17-14-20-10-6-7-13-22(20)23(26)21-11-4-2-5-12-21/h2,4-7,10-13,19,23H,3,8-9,14-18H2,1H3/t19-,23?/m0/s1. The average molecular weight is 379 g/mol. The van der Waals surface area contributed by atoms with Crippen LogP contribution in [0, 0.1) is 0 Å². The summed E-state index contributed by atoms with van der Waals surface area (Å²) in [5, 5.41) is 0. The molecule has 4 nitrogen and oxygen atoms in total. The third-order valence-corrected chi connectivity index (χ3v) is 5.90. The van der Waals surface area contributed by atoms with Gasteiger partial charge in [-0.15, -0.1) is 0 Å². The monoisotopic (exact) mass is 378 g/mol. The highest BCUT2D eigenvalue weighted by Crippen LogP contribution is 2.35. The first-order valence-corrected chi connectivity index (χ1v) is 10.5. The van der Waals surface area contributed by atoms with Crippen molar-refractivity contribution in [2.24, 2.45) is 0 Å². The van der Waals surface area contributed by atoms with Crippen LogP contribution in [-0.4, -0.2) is 48.2 Å². The normalized spacial score (nSPS) is 21.0. The number of benzene rings is 2. The van der Waals surface area contributed by atoms with Gasteiger partial charge in [-0.3, -0.25) is 9.80 Å². The molecular formula is C24H30N2O2. The van der Waals surface area contributed by atoms with Gasteiger partial charge in [0.05, 0.1) is 6.04 Å². The lowest BCUT2D eigenvalue weighted by atomic mass is 9.88. The second-order valence-corrected chi connectivity index (χ2v) is 8.01. The second-order valence-electron chi connectivity index (χ2n) is 8.01. The molecule has 4 heteroatoms. The number of hydrogen-bond donors (Lipinski definition) is 0. The smallest absolute Gasteiger partial charge is 0.410 e. The van der Waals surface area contributed by atoms with E-state index in [1.807, 2.05) is 30.0 Å². The van der Waals surface area contributed by atoms with E-state index in [1.54, 1.807) is 0 Å². The highest BCUT2D eigenvalue weighted by molar-refractivity contribution is 5.70. The number of hydrogen-bond acceptors (Lipinski definition) is 3. The Morgan fingerprint density at radius 3 is 2.50 bits per heavy atom. The van der Waals surface area contributed by atoms with Crippen LogP contribution in [0.2, 0.25) is 0 Å². The maximum absolute atomic E-state index is 13.1. The predicted octanol–water partition coefficient (Wildman–Crippen LogP) is 4.65. The summed E-state index contributed by atoms with van der Waals surface area (Å²) in [6.07, 6.45) is 4.39. The van der Waals surface area contributed by atoms with E-state index in [4.69, 9.17) is 4.74 Å². The minimum atomic E-state index is -0.201. The van der Waals surface area contributed by atoms with Crippen molar-refractivity contribution in [3.8, 4) is 0 Å². The van der Waals surface area contributed by atoms with Crippen molar-refractivity contribution in [3.05, 3.63) is 71.3 Å². The van der Waals surface area contributed by atoms with Crippen LogP contribution in [0.1, 0.15) is 48.9 Å². The summed E-state index contributed by atoms with van der Waals surface area (Å²) in [5.74, 6) is 0. The molecule has 2 aliphatic heterocycles. The van der Waals surface area contributed by atoms with Gasteiger partial charge in [-0.1, -0.05) is 61.0 Å². The number of ether oxygens (including phenoxy) is 1. The number of likely N-dealkylation sites (tertiary alicyclic amines) is 1. The SMILES string of the molecule is C[C@@H](CN1CCCCC1)OC(=O)N1CCc2ccccc2C1c1ccccc1. The summed E-state index contributed by atoms with van der Waals surface area (Å²) < 4.78 is 5.90. The molecule has 2 aromatic rings. The molecule has 0 bridgehead atoms. The highest BCUT2D eigenvalue weighted by Gasteiger charge is 2.33. The minimum Gasteiger partial charge on any atom is -0.445 e. The molecule has 2 aliphatic rings. The molecular weight excluding hydrogens is 348 g/mol. The predicted molar refractivity (Wildman–Crippen MR) is 111 cm³/mol.